The Labute approximate surface area is 103 Å². The second kappa shape index (κ2) is 5.13. The van der Waals surface area contributed by atoms with Crippen LogP contribution in [0, 0.1) is 5.92 Å². The van der Waals surface area contributed by atoms with Gasteiger partial charge in [-0.2, -0.15) is 4.98 Å². The van der Waals surface area contributed by atoms with E-state index in [-0.39, 0.29) is 30.2 Å². The lowest BCUT2D eigenvalue weighted by atomic mass is 10.1. The maximum Gasteiger partial charge on any atom is 0.375 e. The third-order valence-corrected chi connectivity index (χ3v) is 2.72. The summed E-state index contributed by atoms with van der Waals surface area (Å²) in [7, 11) is 0. The molecule has 18 heavy (non-hydrogen) atoms. The van der Waals surface area contributed by atoms with Crippen LogP contribution in [0.4, 0.5) is 5.95 Å². The van der Waals surface area contributed by atoms with Crippen molar-refractivity contribution in [2.75, 3.05) is 24.6 Å². The van der Waals surface area contributed by atoms with Gasteiger partial charge in [0.25, 0.3) is 5.95 Å². The number of ether oxygens (including phenoxy) is 1. The largest absolute Gasteiger partial charge is 0.460 e. The number of hydrogen-bond acceptors (Lipinski definition) is 6. The van der Waals surface area contributed by atoms with E-state index in [0.717, 1.165) is 0 Å². The van der Waals surface area contributed by atoms with Gasteiger partial charge in [0.05, 0.1) is 6.61 Å². The number of carbonyl (C=O) groups is 2. The average molecular weight is 253 g/mol. The molecule has 1 atom stereocenters. The van der Waals surface area contributed by atoms with Crippen molar-refractivity contribution in [3.63, 3.8) is 0 Å². The van der Waals surface area contributed by atoms with Crippen molar-refractivity contribution >= 4 is 17.8 Å². The lowest BCUT2D eigenvalue weighted by Crippen LogP contribution is -2.26. The number of carbonyl (C=O) groups excluding carboxylic acids is 2. The fourth-order valence-electron chi connectivity index (χ4n) is 1.80. The first-order valence-corrected chi connectivity index (χ1v) is 5.75. The molecule has 0 bridgehead atoms. The van der Waals surface area contributed by atoms with Gasteiger partial charge in [0.2, 0.25) is 11.7 Å². The third-order valence-electron chi connectivity index (χ3n) is 2.72. The van der Waals surface area contributed by atoms with Crippen molar-refractivity contribution in [2.24, 2.45) is 11.7 Å². The molecular formula is C10H15N5O3. The monoisotopic (exact) mass is 253 g/mol. The van der Waals surface area contributed by atoms with E-state index in [0.29, 0.717) is 19.5 Å². The van der Waals surface area contributed by atoms with Crippen molar-refractivity contribution in [2.45, 2.75) is 13.3 Å². The lowest BCUT2D eigenvalue weighted by Gasteiger charge is -2.10. The number of aromatic amines is 1. The molecule has 0 radical (unpaired) electrons. The molecule has 98 valence electrons. The number of hydrogen-bond donors (Lipinski definition) is 2. The van der Waals surface area contributed by atoms with E-state index in [2.05, 4.69) is 15.2 Å². The Morgan fingerprint density at radius 2 is 2.44 bits per heavy atom. The van der Waals surface area contributed by atoms with Crippen LogP contribution in [0.2, 0.25) is 0 Å². The maximum atomic E-state index is 11.7. The molecule has 0 aromatic carbocycles. The van der Waals surface area contributed by atoms with E-state index in [1.54, 1.807) is 6.92 Å². The van der Waals surface area contributed by atoms with Crippen LogP contribution in [0.15, 0.2) is 0 Å². The van der Waals surface area contributed by atoms with Crippen molar-refractivity contribution in [3.05, 3.63) is 5.82 Å². The molecule has 0 aliphatic carbocycles. The Morgan fingerprint density at radius 1 is 1.67 bits per heavy atom. The minimum absolute atomic E-state index is 0.00384. The van der Waals surface area contributed by atoms with Gasteiger partial charge in [0.1, 0.15) is 0 Å². The van der Waals surface area contributed by atoms with Gasteiger partial charge in [-0.25, -0.2) is 4.79 Å². The highest BCUT2D eigenvalue weighted by atomic mass is 16.5. The molecule has 8 nitrogen and oxygen atoms in total. The molecule has 1 aromatic heterocycles. The quantitative estimate of drug-likeness (QED) is 0.685. The highest BCUT2D eigenvalue weighted by Crippen LogP contribution is 2.21. The van der Waals surface area contributed by atoms with E-state index in [1.807, 2.05) is 0 Å². The fraction of sp³-hybridized carbons (Fsp3) is 0.600. The van der Waals surface area contributed by atoms with Gasteiger partial charge in [-0.1, -0.05) is 0 Å². The molecule has 3 N–H and O–H groups in total. The van der Waals surface area contributed by atoms with Crippen LogP contribution in [-0.2, 0) is 9.53 Å². The van der Waals surface area contributed by atoms with Crippen molar-refractivity contribution in [3.8, 4) is 0 Å². The number of amides is 1. The van der Waals surface area contributed by atoms with Gasteiger partial charge in [-0.15, -0.1) is 5.10 Å². The Morgan fingerprint density at radius 3 is 3.06 bits per heavy atom. The number of aromatic nitrogens is 3. The molecule has 1 saturated heterocycles. The highest BCUT2D eigenvalue weighted by molar-refractivity contribution is 5.94. The number of rotatable bonds is 4. The summed E-state index contributed by atoms with van der Waals surface area (Å²) in [5.41, 5.74) is 5.53. The summed E-state index contributed by atoms with van der Waals surface area (Å²) >= 11 is 0. The molecule has 2 heterocycles. The minimum atomic E-state index is -0.585. The van der Waals surface area contributed by atoms with Crippen LogP contribution in [0.1, 0.15) is 24.0 Å². The smallest absolute Gasteiger partial charge is 0.375 e. The number of anilines is 1. The average Bonchev–Trinajstić information content (AvgIpc) is 2.95. The third kappa shape index (κ3) is 2.33. The van der Waals surface area contributed by atoms with Crippen LogP contribution >= 0.6 is 0 Å². The normalized spacial score (nSPS) is 19.3. The Balaban J connectivity index is 2.11. The molecule has 1 fully saturated rings. The first-order chi connectivity index (χ1) is 8.65. The summed E-state index contributed by atoms with van der Waals surface area (Å²) in [5.74, 6) is -0.366. The molecule has 2 rings (SSSR count). The zero-order chi connectivity index (χ0) is 13.1. The molecule has 1 aliphatic heterocycles. The second-order valence-electron chi connectivity index (χ2n) is 4.01. The molecule has 1 unspecified atom stereocenters. The number of nitrogens with two attached hydrogens (primary N) is 1. The van der Waals surface area contributed by atoms with Crippen molar-refractivity contribution in [1.82, 2.24) is 15.2 Å². The van der Waals surface area contributed by atoms with E-state index in [1.165, 1.54) is 4.90 Å². The first kappa shape index (κ1) is 12.5. The number of esters is 1. The Hall–Kier alpha value is -1.96. The van der Waals surface area contributed by atoms with Gasteiger partial charge in [-0.05, 0) is 19.4 Å². The zero-order valence-electron chi connectivity index (χ0n) is 10.0. The summed E-state index contributed by atoms with van der Waals surface area (Å²) in [6.45, 7) is 2.88. The van der Waals surface area contributed by atoms with Gasteiger partial charge >= 0.3 is 5.97 Å². The van der Waals surface area contributed by atoms with Gasteiger partial charge < -0.3 is 10.5 Å². The SMILES string of the molecule is CCOC(=O)c1nc(N2CC(CN)CC2=O)n[nH]1. The molecule has 0 saturated carbocycles. The van der Waals surface area contributed by atoms with Crippen LogP contribution in [0.25, 0.3) is 0 Å². The highest BCUT2D eigenvalue weighted by Gasteiger charge is 2.32. The summed E-state index contributed by atoms with van der Waals surface area (Å²) in [5, 5.41) is 6.31. The van der Waals surface area contributed by atoms with Crippen molar-refractivity contribution in [1.29, 1.82) is 0 Å². The molecule has 1 aliphatic rings. The summed E-state index contributed by atoms with van der Waals surface area (Å²) in [4.78, 5) is 28.5. The number of nitrogens with zero attached hydrogens (tertiary/aromatic N) is 3. The molecule has 1 aromatic rings. The maximum absolute atomic E-state index is 11.7. The summed E-state index contributed by atoms with van der Waals surface area (Å²) in [6, 6.07) is 0. The predicted octanol–water partition coefficient (Wildman–Crippen LogP) is -0.707. The second-order valence-corrected chi connectivity index (χ2v) is 4.01. The fourth-order valence-corrected chi connectivity index (χ4v) is 1.80. The van der Waals surface area contributed by atoms with Gasteiger partial charge in [0, 0.05) is 13.0 Å². The summed E-state index contributed by atoms with van der Waals surface area (Å²) < 4.78 is 4.78. The van der Waals surface area contributed by atoms with Crippen molar-refractivity contribution < 1.29 is 14.3 Å². The van der Waals surface area contributed by atoms with Crippen LogP contribution < -0.4 is 10.6 Å². The minimum Gasteiger partial charge on any atom is -0.460 e. The van der Waals surface area contributed by atoms with E-state index < -0.39 is 5.97 Å². The van der Waals surface area contributed by atoms with Gasteiger partial charge in [0.15, 0.2) is 0 Å². The summed E-state index contributed by atoms with van der Waals surface area (Å²) in [6.07, 6.45) is 0.389. The first-order valence-electron chi connectivity index (χ1n) is 5.75. The Kier molecular flexibility index (Phi) is 3.56. The van der Waals surface area contributed by atoms with E-state index >= 15 is 0 Å². The predicted molar refractivity (Wildman–Crippen MR) is 61.9 cm³/mol. The van der Waals surface area contributed by atoms with Crippen LogP contribution in [-0.4, -0.2) is 46.8 Å². The Bertz CT molecular complexity index is 458. The lowest BCUT2D eigenvalue weighted by molar-refractivity contribution is -0.117. The number of H-pyrrole nitrogens is 1. The number of nitrogens with one attached hydrogen (secondary N) is 1. The van der Waals surface area contributed by atoms with E-state index in [4.69, 9.17) is 10.5 Å². The molecule has 0 spiro atoms. The van der Waals surface area contributed by atoms with Crippen LogP contribution in [0.3, 0.4) is 0 Å². The van der Waals surface area contributed by atoms with Gasteiger partial charge in [-0.3, -0.25) is 14.8 Å². The molecular weight excluding hydrogens is 238 g/mol. The molecule has 8 heteroatoms. The topological polar surface area (TPSA) is 114 Å². The zero-order valence-corrected chi connectivity index (χ0v) is 10.0. The molecule has 1 amide bonds. The standard InChI is InChI=1S/C10H15N5O3/c1-2-18-9(17)8-12-10(14-13-8)15-5-6(4-11)3-7(15)16/h6H,2-5,11H2,1H3,(H,12,13,14). The van der Waals surface area contributed by atoms with Crippen LogP contribution in [0.5, 0.6) is 0 Å². The van der Waals surface area contributed by atoms with E-state index in [9.17, 15) is 9.59 Å².